The van der Waals surface area contributed by atoms with Crippen LogP contribution in [0, 0.1) is 11.7 Å². The minimum absolute atomic E-state index is 0.0495. The second-order valence-corrected chi connectivity index (χ2v) is 5.22. The Bertz CT molecular complexity index is 533. The van der Waals surface area contributed by atoms with Gasteiger partial charge in [-0.1, -0.05) is 25.4 Å². The zero-order valence-corrected chi connectivity index (χ0v) is 11.4. The molecule has 19 heavy (non-hydrogen) atoms. The van der Waals surface area contributed by atoms with Crippen molar-refractivity contribution in [2.24, 2.45) is 5.92 Å². The molecule has 1 fully saturated rings. The maximum absolute atomic E-state index is 13.3. The molecule has 2 amide bonds. The summed E-state index contributed by atoms with van der Waals surface area (Å²) in [4.78, 5) is 25.2. The quantitative estimate of drug-likeness (QED) is 0.903. The van der Waals surface area contributed by atoms with Gasteiger partial charge in [-0.05, 0) is 24.1 Å². The molecule has 1 atom stereocenters. The number of carbonyl (C=O) groups is 2. The molecule has 0 aromatic heterocycles. The fourth-order valence-electron chi connectivity index (χ4n) is 2.02. The predicted octanol–water partition coefficient (Wildman–Crippen LogP) is 1.97. The smallest absolute Gasteiger partial charge is 0.250 e. The van der Waals surface area contributed by atoms with Crippen LogP contribution in [0.25, 0.3) is 0 Å². The first-order valence-electron chi connectivity index (χ1n) is 5.96. The first kappa shape index (κ1) is 13.8. The summed E-state index contributed by atoms with van der Waals surface area (Å²) in [5.74, 6) is -1.11. The molecule has 0 radical (unpaired) electrons. The van der Waals surface area contributed by atoms with E-state index in [-0.39, 0.29) is 35.0 Å². The zero-order valence-electron chi connectivity index (χ0n) is 10.6. The van der Waals surface area contributed by atoms with Gasteiger partial charge in [-0.3, -0.25) is 14.5 Å². The lowest BCUT2D eigenvalue weighted by Crippen LogP contribution is -2.60. The number of hydrogen-bond acceptors (Lipinski definition) is 2. The van der Waals surface area contributed by atoms with E-state index in [4.69, 9.17) is 11.6 Å². The average molecular weight is 285 g/mol. The fourth-order valence-corrected chi connectivity index (χ4v) is 2.24. The molecule has 1 aliphatic rings. The van der Waals surface area contributed by atoms with E-state index in [2.05, 4.69) is 5.32 Å². The highest BCUT2D eigenvalue weighted by molar-refractivity contribution is 6.34. The van der Waals surface area contributed by atoms with Crippen molar-refractivity contribution in [3.8, 4) is 0 Å². The zero-order chi connectivity index (χ0) is 14.2. The van der Waals surface area contributed by atoms with Gasteiger partial charge in [0.1, 0.15) is 18.4 Å². The van der Waals surface area contributed by atoms with Gasteiger partial charge in [-0.25, -0.2) is 4.39 Å². The van der Waals surface area contributed by atoms with Gasteiger partial charge in [0.2, 0.25) is 11.8 Å². The molecular formula is C13H14ClFN2O2. The summed E-state index contributed by atoms with van der Waals surface area (Å²) in [5, 5.41) is 2.87. The molecule has 4 nitrogen and oxygen atoms in total. The van der Waals surface area contributed by atoms with E-state index >= 15 is 0 Å². The van der Waals surface area contributed by atoms with Gasteiger partial charge in [-0.2, -0.15) is 0 Å². The Morgan fingerprint density at radius 2 is 2.11 bits per heavy atom. The second kappa shape index (κ2) is 5.17. The first-order chi connectivity index (χ1) is 8.90. The number of anilines is 1. The van der Waals surface area contributed by atoms with Gasteiger partial charge in [-0.15, -0.1) is 0 Å². The van der Waals surface area contributed by atoms with Crippen molar-refractivity contribution in [2.45, 2.75) is 19.9 Å². The van der Waals surface area contributed by atoms with E-state index < -0.39 is 11.9 Å². The van der Waals surface area contributed by atoms with Gasteiger partial charge in [0.25, 0.3) is 0 Å². The summed E-state index contributed by atoms with van der Waals surface area (Å²) in [6.07, 6.45) is 0. The summed E-state index contributed by atoms with van der Waals surface area (Å²) < 4.78 is 13.3. The topological polar surface area (TPSA) is 49.4 Å². The molecular weight excluding hydrogens is 271 g/mol. The van der Waals surface area contributed by atoms with Crippen molar-refractivity contribution in [3.05, 3.63) is 29.0 Å². The van der Waals surface area contributed by atoms with Crippen LogP contribution in [0.3, 0.4) is 0 Å². The second-order valence-electron chi connectivity index (χ2n) is 4.81. The third-order valence-electron chi connectivity index (χ3n) is 3.02. The number of hydrogen-bond donors (Lipinski definition) is 1. The Labute approximate surface area is 115 Å². The van der Waals surface area contributed by atoms with Crippen molar-refractivity contribution in [1.29, 1.82) is 0 Å². The minimum atomic E-state index is -0.611. The lowest BCUT2D eigenvalue weighted by atomic mass is 10.0. The molecule has 1 aromatic carbocycles. The third-order valence-corrected chi connectivity index (χ3v) is 3.34. The van der Waals surface area contributed by atoms with Crippen LogP contribution in [0.15, 0.2) is 18.2 Å². The van der Waals surface area contributed by atoms with Crippen LogP contribution in [0.5, 0.6) is 0 Å². The molecule has 2 rings (SSSR count). The Hall–Kier alpha value is -1.62. The number of benzene rings is 1. The summed E-state index contributed by atoms with van der Waals surface area (Å²) in [6, 6.07) is 3.13. The number of piperazine rings is 1. The number of halogens is 2. The van der Waals surface area contributed by atoms with E-state index in [1.54, 1.807) is 0 Å². The highest BCUT2D eigenvalue weighted by Gasteiger charge is 2.36. The van der Waals surface area contributed by atoms with E-state index in [1.165, 1.54) is 17.0 Å². The van der Waals surface area contributed by atoms with Crippen LogP contribution in [0.1, 0.15) is 13.8 Å². The molecule has 0 spiro atoms. The van der Waals surface area contributed by atoms with Crippen LogP contribution in [0.2, 0.25) is 5.02 Å². The maximum atomic E-state index is 13.3. The van der Waals surface area contributed by atoms with E-state index in [9.17, 15) is 14.0 Å². The molecule has 1 unspecified atom stereocenters. The molecule has 0 bridgehead atoms. The number of carbonyl (C=O) groups excluding carboxylic acids is 2. The van der Waals surface area contributed by atoms with E-state index in [0.29, 0.717) is 0 Å². The van der Waals surface area contributed by atoms with Crippen LogP contribution in [-0.2, 0) is 9.59 Å². The van der Waals surface area contributed by atoms with Gasteiger partial charge in [0.15, 0.2) is 0 Å². The number of rotatable bonds is 2. The van der Waals surface area contributed by atoms with Crippen LogP contribution >= 0.6 is 11.6 Å². The van der Waals surface area contributed by atoms with Gasteiger partial charge in [0, 0.05) is 0 Å². The minimum Gasteiger partial charge on any atom is -0.342 e. The average Bonchev–Trinajstić information content (AvgIpc) is 2.34. The van der Waals surface area contributed by atoms with Gasteiger partial charge >= 0.3 is 0 Å². The molecule has 1 aliphatic heterocycles. The Morgan fingerprint density at radius 1 is 1.42 bits per heavy atom. The standard InChI is InChI=1S/C13H14ClFN2O2/c1-7(2)12-13(19)17(6-11(18)16-12)10-5-8(15)3-4-9(10)14/h3-5,7,12H,6H2,1-2H3,(H,16,18). The van der Waals surface area contributed by atoms with E-state index in [1.807, 2.05) is 13.8 Å². The van der Waals surface area contributed by atoms with Crippen molar-refractivity contribution >= 4 is 29.1 Å². The molecule has 1 aromatic rings. The van der Waals surface area contributed by atoms with Crippen LogP contribution < -0.4 is 10.2 Å². The van der Waals surface area contributed by atoms with E-state index in [0.717, 1.165) is 6.07 Å². The fraction of sp³-hybridized carbons (Fsp3) is 0.385. The van der Waals surface area contributed by atoms with Gasteiger partial charge < -0.3 is 5.32 Å². The summed E-state index contributed by atoms with van der Waals surface area (Å²) in [5.41, 5.74) is 0.229. The molecule has 6 heteroatoms. The molecule has 0 aliphatic carbocycles. The highest BCUT2D eigenvalue weighted by Crippen LogP contribution is 2.28. The normalized spacial score (nSPS) is 19.8. The lowest BCUT2D eigenvalue weighted by molar-refractivity contribution is -0.132. The molecule has 1 heterocycles. The monoisotopic (exact) mass is 284 g/mol. The Balaban J connectivity index is 2.40. The molecule has 1 saturated heterocycles. The SMILES string of the molecule is CC(C)C1NC(=O)CN(c2cc(F)ccc2Cl)C1=O. The summed E-state index contributed by atoms with van der Waals surface area (Å²) >= 11 is 5.98. The predicted molar refractivity (Wildman–Crippen MR) is 70.5 cm³/mol. The van der Waals surface area contributed by atoms with Crippen LogP contribution in [-0.4, -0.2) is 24.4 Å². The molecule has 102 valence electrons. The van der Waals surface area contributed by atoms with Gasteiger partial charge in [0.05, 0.1) is 10.7 Å². The summed E-state index contributed by atoms with van der Waals surface area (Å²) in [7, 11) is 0. The first-order valence-corrected chi connectivity index (χ1v) is 6.33. The Morgan fingerprint density at radius 3 is 2.74 bits per heavy atom. The summed E-state index contributed by atoms with van der Waals surface area (Å²) in [6.45, 7) is 3.52. The largest absolute Gasteiger partial charge is 0.342 e. The van der Waals surface area contributed by atoms with Crippen LogP contribution in [0.4, 0.5) is 10.1 Å². The Kier molecular flexibility index (Phi) is 3.75. The molecule has 0 saturated carbocycles. The third kappa shape index (κ3) is 2.71. The maximum Gasteiger partial charge on any atom is 0.250 e. The van der Waals surface area contributed by atoms with Crippen molar-refractivity contribution in [3.63, 3.8) is 0 Å². The van der Waals surface area contributed by atoms with Crippen molar-refractivity contribution in [2.75, 3.05) is 11.4 Å². The highest BCUT2D eigenvalue weighted by atomic mass is 35.5. The lowest BCUT2D eigenvalue weighted by Gasteiger charge is -2.34. The molecule has 1 N–H and O–H groups in total. The number of nitrogens with one attached hydrogen (secondary N) is 1. The number of amides is 2. The van der Waals surface area contributed by atoms with Crippen molar-refractivity contribution < 1.29 is 14.0 Å². The van der Waals surface area contributed by atoms with Crippen molar-refractivity contribution in [1.82, 2.24) is 5.32 Å². The number of nitrogens with zero attached hydrogens (tertiary/aromatic N) is 1.